The van der Waals surface area contributed by atoms with Crippen LogP contribution in [0.3, 0.4) is 0 Å². The lowest BCUT2D eigenvalue weighted by Gasteiger charge is -2.00. The number of nitrogens with zero attached hydrogens (tertiary/aromatic N) is 1. The molecule has 0 unspecified atom stereocenters. The molecule has 0 fully saturated rings. The number of rotatable bonds is 2. The molecule has 2 N–H and O–H groups in total. The summed E-state index contributed by atoms with van der Waals surface area (Å²) >= 11 is 6.11. The molecule has 0 aliphatic carbocycles. The summed E-state index contributed by atoms with van der Waals surface area (Å²) in [6.07, 6.45) is 5.89. The molecule has 2 aromatic rings. The normalized spacial score (nSPS) is 11.7. The number of benzene rings is 1. The zero-order chi connectivity index (χ0) is 10.8. The molecule has 78 valence electrons. The van der Waals surface area contributed by atoms with Gasteiger partial charge in [-0.25, -0.2) is 0 Å². The van der Waals surface area contributed by atoms with Crippen LogP contribution in [-0.4, -0.2) is 11.1 Å². The van der Waals surface area contributed by atoms with E-state index in [0.29, 0.717) is 6.54 Å². The molecule has 0 spiro atoms. The first-order valence-corrected chi connectivity index (χ1v) is 5.22. The molecule has 0 saturated carbocycles. The molecule has 1 aromatic carbocycles. The molecule has 0 radical (unpaired) electrons. The van der Waals surface area contributed by atoms with Gasteiger partial charge in [-0.3, -0.25) is 0 Å². The third-order valence-electron chi connectivity index (χ3n) is 2.42. The predicted molar refractivity (Wildman–Crippen MR) is 66.0 cm³/mol. The highest BCUT2D eigenvalue weighted by atomic mass is 35.5. The average molecular weight is 221 g/mol. The quantitative estimate of drug-likeness (QED) is 0.829. The highest BCUT2D eigenvalue weighted by molar-refractivity contribution is 6.35. The SMILES string of the molecule is Cn1cc(Cl)c2cccc(/C=C/CN)c21. The molecule has 0 aliphatic rings. The number of hydrogen-bond acceptors (Lipinski definition) is 1. The fourth-order valence-corrected chi connectivity index (χ4v) is 2.08. The summed E-state index contributed by atoms with van der Waals surface area (Å²) < 4.78 is 2.04. The molecule has 0 bridgehead atoms. The van der Waals surface area contributed by atoms with E-state index >= 15 is 0 Å². The maximum Gasteiger partial charge on any atom is 0.0661 e. The lowest BCUT2D eigenvalue weighted by Crippen LogP contribution is -1.93. The fraction of sp³-hybridized carbons (Fsp3) is 0.167. The van der Waals surface area contributed by atoms with Crippen molar-refractivity contribution >= 4 is 28.6 Å². The Hall–Kier alpha value is -1.25. The first-order valence-electron chi connectivity index (χ1n) is 4.84. The van der Waals surface area contributed by atoms with Gasteiger partial charge in [-0.15, -0.1) is 0 Å². The van der Waals surface area contributed by atoms with E-state index in [0.717, 1.165) is 21.5 Å². The maximum atomic E-state index is 6.11. The van der Waals surface area contributed by atoms with Gasteiger partial charge in [0.15, 0.2) is 0 Å². The molecule has 0 aliphatic heterocycles. The largest absolute Gasteiger partial charge is 0.349 e. The molecule has 0 amide bonds. The van der Waals surface area contributed by atoms with Crippen molar-refractivity contribution in [3.05, 3.63) is 41.1 Å². The Balaban J connectivity index is 2.69. The molecule has 0 atom stereocenters. The van der Waals surface area contributed by atoms with E-state index in [1.165, 1.54) is 0 Å². The first kappa shape index (κ1) is 10.3. The predicted octanol–water partition coefficient (Wildman–Crippen LogP) is 2.80. The van der Waals surface area contributed by atoms with Gasteiger partial charge in [0.1, 0.15) is 0 Å². The minimum atomic E-state index is 0.550. The topological polar surface area (TPSA) is 30.9 Å². The molecule has 0 saturated heterocycles. The molecular formula is C12H13ClN2. The fourth-order valence-electron chi connectivity index (χ4n) is 1.78. The van der Waals surface area contributed by atoms with Crippen molar-refractivity contribution in [2.75, 3.05) is 6.54 Å². The van der Waals surface area contributed by atoms with Gasteiger partial charge in [-0.2, -0.15) is 0 Å². The Morgan fingerprint density at radius 1 is 1.47 bits per heavy atom. The second kappa shape index (κ2) is 4.09. The van der Waals surface area contributed by atoms with Crippen LogP contribution in [0.1, 0.15) is 5.56 Å². The second-order valence-corrected chi connectivity index (χ2v) is 3.88. The van der Waals surface area contributed by atoms with Crippen LogP contribution in [0.15, 0.2) is 30.5 Å². The number of nitrogens with two attached hydrogens (primary N) is 1. The van der Waals surface area contributed by atoms with Crippen LogP contribution in [0.4, 0.5) is 0 Å². The molecule has 2 rings (SSSR count). The third kappa shape index (κ3) is 1.78. The molecule has 15 heavy (non-hydrogen) atoms. The Kier molecular flexibility index (Phi) is 2.80. The van der Waals surface area contributed by atoms with Gasteiger partial charge in [0.2, 0.25) is 0 Å². The number of aryl methyl sites for hydroxylation is 1. The molecule has 2 nitrogen and oxygen atoms in total. The maximum absolute atomic E-state index is 6.11. The monoisotopic (exact) mass is 220 g/mol. The van der Waals surface area contributed by atoms with Crippen molar-refractivity contribution in [3.63, 3.8) is 0 Å². The average Bonchev–Trinajstić information content (AvgIpc) is 2.53. The molecule has 3 heteroatoms. The number of para-hydroxylation sites is 1. The summed E-state index contributed by atoms with van der Waals surface area (Å²) in [6.45, 7) is 0.550. The second-order valence-electron chi connectivity index (χ2n) is 3.47. The van der Waals surface area contributed by atoms with E-state index in [2.05, 4.69) is 6.07 Å². The van der Waals surface area contributed by atoms with Gasteiger partial charge >= 0.3 is 0 Å². The zero-order valence-electron chi connectivity index (χ0n) is 8.57. The van der Waals surface area contributed by atoms with Crippen LogP contribution in [0.5, 0.6) is 0 Å². The number of halogens is 1. The number of hydrogen-bond donors (Lipinski definition) is 1. The number of fused-ring (bicyclic) bond motifs is 1. The van der Waals surface area contributed by atoms with Crippen LogP contribution in [0.25, 0.3) is 17.0 Å². The minimum Gasteiger partial charge on any atom is -0.349 e. The van der Waals surface area contributed by atoms with Crippen LogP contribution < -0.4 is 5.73 Å². The van der Waals surface area contributed by atoms with E-state index in [9.17, 15) is 0 Å². The van der Waals surface area contributed by atoms with Crippen LogP contribution in [-0.2, 0) is 7.05 Å². The number of aromatic nitrogens is 1. The molecule has 1 heterocycles. The van der Waals surface area contributed by atoms with Crippen molar-refractivity contribution < 1.29 is 0 Å². The minimum absolute atomic E-state index is 0.550. The summed E-state index contributed by atoms with van der Waals surface area (Å²) in [6, 6.07) is 6.09. The smallest absolute Gasteiger partial charge is 0.0661 e. The summed E-state index contributed by atoms with van der Waals surface area (Å²) in [5.74, 6) is 0. The summed E-state index contributed by atoms with van der Waals surface area (Å²) in [5.41, 5.74) is 7.74. The van der Waals surface area contributed by atoms with Crippen LogP contribution >= 0.6 is 11.6 Å². The lowest BCUT2D eigenvalue weighted by molar-refractivity contribution is 0.968. The van der Waals surface area contributed by atoms with Crippen LogP contribution in [0.2, 0.25) is 5.02 Å². The Bertz CT molecular complexity index is 512. The van der Waals surface area contributed by atoms with Crippen molar-refractivity contribution in [2.45, 2.75) is 0 Å². The Morgan fingerprint density at radius 2 is 2.27 bits per heavy atom. The lowest BCUT2D eigenvalue weighted by atomic mass is 10.1. The summed E-state index contributed by atoms with van der Waals surface area (Å²) in [4.78, 5) is 0. The highest BCUT2D eigenvalue weighted by Crippen LogP contribution is 2.28. The standard InChI is InChI=1S/C12H13ClN2/c1-15-8-11(13)10-6-2-4-9(12(10)15)5-3-7-14/h2-6,8H,7,14H2,1H3/b5-3+. The van der Waals surface area contributed by atoms with Gasteiger partial charge in [-0.05, 0) is 5.56 Å². The van der Waals surface area contributed by atoms with Gasteiger partial charge in [0.25, 0.3) is 0 Å². The van der Waals surface area contributed by atoms with Crippen molar-refractivity contribution in [1.29, 1.82) is 0 Å². The zero-order valence-corrected chi connectivity index (χ0v) is 9.33. The third-order valence-corrected chi connectivity index (χ3v) is 2.72. The van der Waals surface area contributed by atoms with E-state index < -0.39 is 0 Å². The summed E-state index contributed by atoms with van der Waals surface area (Å²) in [5, 5.41) is 1.87. The van der Waals surface area contributed by atoms with Gasteiger partial charge in [0.05, 0.1) is 10.5 Å². The highest BCUT2D eigenvalue weighted by Gasteiger charge is 2.06. The van der Waals surface area contributed by atoms with Gasteiger partial charge in [-0.1, -0.05) is 42.0 Å². The van der Waals surface area contributed by atoms with Gasteiger partial charge < -0.3 is 10.3 Å². The van der Waals surface area contributed by atoms with Crippen LogP contribution in [0, 0.1) is 0 Å². The van der Waals surface area contributed by atoms with Crippen molar-refractivity contribution in [3.8, 4) is 0 Å². The first-order chi connectivity index (χ1) is 7.24. The molecular weight excluding hydrogens is 208 g/mol. The van der Waals surface area contributed by atoms with E-state index in [1.807, 2.05) is 42.1 Å². The Morgan fingerprint density at radius 3 is 3.00 bits per heavy atom. The van der Waals surface area contributed by atoms with E-state index in [-0.39, 0.29) is 0 Å². The van der Waals surface area contributed by atoms with E-state index in [1.54, 1.807) is 0 Å². The van der Waals surface area contributed by atoms with Crippen molar-refractivity contribution in [1.82, 2.24) is 4.57 Å². The molecule has 1 aromatic heterocycles. The van der Waals surface area contributed by atoms with Gasteiger partial charge in [0, 0.05) is 25.2 Å². The summed E-state index contributed by atoms with van der Waals surface area (Å²) in [7, 11) is 1.99. The van der Waals surface area contributed by atoms with Crippen molar-refractivity contribution in [2.24, 2.45) is 12.8 Å². The van der Waals surface area contributed by atoms with E-state index in [4.69, 9.17) is 17.3 Å². The Labute approximate surface area is 93.9 Å².